The van der Waals surface area contributed by atoms with Crippen LogP contribution in [0.5, 0.6) is 0 Å². The zero-order valence-corrected chi connectivity index (χ0v) is 9.53. The van der Waals surface area contributed by atoms with Crippen molar-refractivity contribution in [3.63, 3.8) is 0 Å². The van der Waals surface area contributed by atoms with Crippen LogP contribution in [0.25, 0.3) is 0 Å². The lowest BCUT2D eigenvalue weighted by molar-refractivity contribution is -0.134. The van der Waals surface area contributed by atoms with Crippen molar-refractivity contribution in [2.24, 2.45) is 5.92 Å². The van der Waals surface area contributed by atoms with Gasteiger partial charge < -0.3 is 10.0 Å². The molecule has 4 nitrogen and oxygen atoms in total. The first kappa shape index (κ1) is 13.6. The van der Waals surface area contributed by atoms with E-state index in [1.54, 1.807) is 0 Å². The molecule has 0 bridgehead atoms. The van der Waals surface area contributed by atoms with E-state index in [0.29, 0.717) is 19.4 Å². The molecule has 17 heavy (non-hydrogen) atoms. The topological polar surface area (TPSA) is 57.6 Å². The number of carboxylic acid groups (broad SMARTS) is 1. The van der Waals surface area contributed by atoms with Crippen molar-refractivity contribution in [1.82, 2.24) is 4.90 Å². The second-order valence-electron chi connectivity index (χ2n) is 4.25. The van der Waals surface area contributed by atoms with Gasteiger partial charge in [0, 0.05) is 31.2 Å². The van der Waals surface area contributed by atoms with E-state index in [4.69, 9.17) is 5.11 Å². The first-order chi connectivity index (χ1) is 7.80. The molecule has 1 aliphatic heterocycles. The van der Waals surface area contributed by atoms with Gasteiger partial charge in [-0.1, -0.05) is 0 Å². The van der Waals surface area contributed by atoms with Crippen molar-refractivity contribution in [2.45, 2.75) is 25.7 Å². The van der Waals surface area contributed by atoms with Crippen LogP contribution in [0.4, 0.5) is 8.78 Å². The number of rotatable bonds is 3. The third-order valence-electron chi connectivity index (χ3n) is 2.82. The highest BCUT2D eigenvalue weighted by atomic mass is 19.3. The van der Waals surface area contributed by atoms with Crippen molar-refractivity contribution in [2.75, 3.05) is 13.1 Å². The summed E-state index contributed by atoms with van der Waals surface area (Å²) in [5.74, 6) is -5.41. The Kier molecular flexibility index (Phi) is 4.20. The fourth-order valence-electron chi connectivity index (χ4n) is 1.84. The van der Waals surface area contributed by atoms with E-state index in [2.05, 4.69) is 0 Å². The Morgan fingerprint density at radius 2 is 2.06 bits per heavy atom. The number of carbonyl (C=O) groups is 2. The minimum atomic E-state index is -2.81. The Morgan fingerprint density at radius 3 is 2.59 bits per heavy atom. The van der Waals surface area contributed by atoms with Crippen LogP contribution < -0.4 is 0 Å². The Hall–Kier alpha value is -1.46. The zero-order valence-electron chi connectivity index (χ0n) is 9.53. The number of carbonyl (C=O) groups excluding carboxylic acids is 1. The number of piperidine rings is 1. The SMILES string of the molecule is CC(F)(F)[C@H]1CCCN(C(=O)/C=C/C(=O)O)C1. The van der Waals surface area contributed by atoms with E-state index in [9.17, 15) is 18.4 Å². The number of amides is 1. The maximum atomic E-state index is 13.1. The van der Waals surface area contributed by atoms with E-state index in [-0.39, 0.29) is 6.54 Å². The molecular weight excluding hydrogens is 232 g/mol. The number of hydrogen-bond donors (Lipinski definition) is 1. The number of nitrogens with zero attached hydrogens (tertiary/aromatic N) is 1. The van der Waals surface area contributed by atoms with Crippen LogP contribution in [0, 0.1) is 5.92 Å². The Morgan fingerprint density at radius 1 is 1.41 bits per heavy atom. The van der Waals surface area contributed by atoms with Gasteiger partial charge in [0.15, 0.2) is 0 Å². The molecule has 1 rings (SSSR count). The monoisotopic (exact) mass is 247 g/mol. The molecule has 0 aromatic heterocycles. The molecule has 1 heterocycles. The zero-order chi connectivity index (χ0) is 13.1. The van der Waals surface area contributed by atoms with Crippen LogP contribution in [0.2, 0.25) is 0 Å². The number of aliphatic carboxylic acids is 1. The Bertz CT molecular complexity index is 336. The summed E-state index contributed by atoms with van der Waals surface area (Å²) in [6, 6.07) is 0. The number of alkyl halides is 2. The second-order valence-corrected chi connectivity index (χ2v) is 4.25. The maximum Gasteiger partial charge on any atom is 0.328 e. The normalized spacial score (nSPS) is 21.8. The summed E-state index contributed by atoms with van der Waals surface area (Å²) in [6.45, 7) is 1.22. The molecule has 0 saturated carbocycles. The van der Waals surface area contributed by atoms with Crippen molar-refractivity contribution < 1.29 is 23.5 Å². The summed E-state index contributed by atoms with van der Waals surface area (Å²) in [6.07, 6.45) is 2.52. The van der Waals surface area contributed by atoms with E-state index in [0.717, 1.165) is 19.1 Å². The largest absolute Gasteiger partial charge is 0.478 e. The lowest BCUT2D eigenvalue weighted by Gasteiger charge is -2.34. The molecule has 1 saturated heterocycles. The fraction of sp³-hybridized carbons (Fsp3) is 0.636. The molecule has 0 unspecified atom stereocenters. The van der Waals surface area contributed by atoms with Crippen LogP contribution in [0.15, 0.2) is 12.2 Å². The van der Waals surface area contributed by atoms with Gasteiger partial charge in [0.2, 0.25) is 11.8 Å². The average molecular weight is 247 g/mol. The van der Waals surface area contributed by atoms with E-state index in [1.807, 2.05) is 0 Å². The summed E-state index contributed by atoms with van der Waals surface area (Å²) >= 11 is 0. The molecule has 0 spiro atoms. The van der Waals surface area contributed by atoms with Crippen LogP contribution in [-0.4, -0.2) is 40.9 Å². The lowest BCUT2D eigenvalue weighted by Crippen LogP contribution is -2.44. The van der Waals surface area contributed by atoms with Gasteiger partial charge in [-0.25, -0.2) is 13.6 Å². The summed E-state index contributed by atoms with van der Waals surface area (Å²) < 4.78 is 26.2. The summed E-state index contributed by atoms with van der Waals surface area (Å²) in [5, 5.41) is 8.36. The maximum absolute atomic E-state index is 13.1. The number of hydrogen-bond acceptors (Lipinski definition) is 2. The van der Waals surface area contributed by atoms with Crippen LogP contribution >= 0.6 is 0 Å². The molecule has 1 N–H and O–H groups in total. The first-order valence-corrected chi connectivity index (χ1v) is 5.38. The van der Waals surface area contributed by atoms with Crippen molar-refractivity contribution >= 4 is 11.9 Å². The van der Waals surface area contributed by atoms with E-state index >= 15 is 0 Å². The van der Waals surface area contributed by atoms with Crippen molar-refractivity contribution in [3.8, 4) is 0 Å². The van der Waals surface area contributed by atoms with Gasteiger partial charge in [-0.3, -0.25) is 4.79 Å². The van der Waals surface area contributed by atoms with Gasteiger partial charge in [-0.2, -0.15) is 0 Å². The van der Waals surface area contributed by atoms with Crippen LogP contribution in [0.1, 0.15) is 19.8 Å². The fourth-order valence-corrected chi connectivity index (χ4v) is 1.84. The van der Waals surface area contributed by atoms with E-state index < -0.39 is 23.7 Å². The highest BCUT2D eigenvalue weighted by Crippen LogP contribution is 2.31. The number of likely N-dealkylation sites (tertiary alicyclic amines) is 1. The number of halogens is 2. The smallest absolute Gasteiger partial charge is 0.328 e. The Balaban J connectivity index is 2.61. The van der Waals surface area contributed by atoms with Gasteiger partial charge in [0.05, 0.1) is 0 Å². The van der Waals surface area contributed by atoms with Crippen LogP contribution in [0.3, 0.4) is 0 Å². The standard InChI is InChI=1S/C11H15F2NO3/c1-11(12,13)8-3-2-6-14(7-8)9(15)4-5-10(16)17/h4-5,8H,2-3,6-7H2,1H3,(H,16,17)/b5-4+/t8-/m0/s1. The molecular formula is C11H15F2NO3. The minimum absolute atomic E-state index is 0.0215. The molecule has 0 aromatic carbocycles. The van der Waals surface area contributed by atoms with Crippen molar-refractivity contribution in [3.05, 3.63) is 12.2 Å². The minimum Gasteiger partial charge on any atom is -0.478 e. The molecule has 6 heteroatoms. The quantitative estimate of drug-likeness (QED) is 0.769. The van der Waals surface area contributed by atoms with E-state index in [1.165, 1.54) is 4.90 Å². The molecule has 0 aromatic rings. The van der Waals surface area contributed by atoms with Gasteiger partial charge in [-0.05, 0) is 19.8 Å². The predicted molar refractivity (Wildman–Crippen MR) is 56.7 cm³/mol. The lowest BCUT2D eigenvalue weighted by atomic mass is 9.92. The first-order valence-electron chi connectivity index (χ1n) is 5.38. The highest BCUT2D eigenvalue weighted by Gasteiger charge is 2.37. The average Bonchev–Trinajstić information content (AvgIpc) is 2.25. The second kappa shape index (κ2) is 5.25. The number of carboxylic acids is 1. The molecule has 1 atom stereocenters. The summed E-state index contributed by atoms with van der Waals surface area (Å²) in [4.78, 5) is 23.0. The molecule has 1 fully saturated rings. The third kappa shape index (κ3) is 4.13. The van der Waals surface area contributed by atoms with Crippen molar-refractivity contribution in [1.29, 1.82) is 0 Å². The molecule has 96 valence electrons. The predicted octanol–water partition coefficient (Wildman–Crippen LogP) is 1.52. The molecule has 1 aliphatic rings. The molecule has 0 aliphatic carbocycles. The van der Waals surface area contributed by atoms with Gasteiger partial charge >= 0.3 is 5.97 Å². The van der Waals surface area contributed by atoms with Crippen LogP contribution in [-0.2, 0) is 9.59 Å². The van der Waals surface area contributed by atoms with Gasteiger partial charge in [0.1, 0.15) is 0 Å². The Labute approximate surface area is 97.9 Å². The summed E-state index contributed by atoms with van der Waals surface area (Å²) in [5.41, 5.74) is 0. The summed E-state index contributed by atoms with van der Waals surface area (Å²) in [7, 11) is 0. The van der Waals surface area contributed by atoms with Gasteiger partial charge in [-0.15, -0.1) is 0 Å². The third-order valence-corrected chi connectivity index (χ3v) is 2.82. The molecule has 1 amide bonds. The molecule has 0 radical (unpaired) electrons. The van der Waals surface area contributed by atoms with Gasteiger partial charge in [0.25, 0.3) is 0 Å². The highest BCUT2D eigenvalue weighted by molar-refractivity contribution is 5.93.